The molecular formula is C20H28ClIN4O. The van der Waals surface area contributed by atoms with Crippen LogP contribution in [0.3, 0.4) is 0 Å². The fraction of sp³-hybridized carbons (Fsp3) is 0.400. The van der Waals surface area contributed by atoms with Crippen molar-refractivity contribution in [3.8, 4) is 0 Å². The van der Waals surface area contributed by atoms with Crippen LogP contribution in [0.1, 0.15) is 24.1 Å². The maximum absolute atomic E-state index is 11.8. The number of halogens is 2. The van der Waals surface area contributed by atoms with Crippen LogP contribution in [0.15, 0.2) is 52.3 Å². The number of aryl methyl sites for hydroxylation is 1. The third kappa shape index (κ3) is 8.34. The largest absolute Gasteiger partial charge is 0.356 e. The molecule has 0 saturated heterocycles. The highest BCUT2D eigenvalue weighted by atomic mass is 127. The van der Waals surface area contributed by atoms with Crippen LogP contribution in [0.2, 0.25) is 5.02 Å². The molecule has 0 aliphatic carbocycles. The second kappa shape index (κ2) is 12.8. The number of guanidine groups is 1. The number of pyridine rings is 1. The molecule has 2 rings (SSSR count). The van der Waals surface area contributed by atoms with E-state index in [4.69, 9.17) is 11.6 Å². The molecule has 7 heteroatoms. The van der Waals surface area contributed by atoms with Crippen molar-refractivity contribution in [2.24, 2.45) is 4.99 Å². The van der Waals surface area contributed by atoms with Gasteiger partial charge in [0.05, 0.1) is 0 Å². The van der Waals surface area contributed by atoms with E-state index in [0.717, 1.165) is 55.6 Å². The Labute approximate surface area is 183 Å². The maximum Gasteiger partial charge on any atom is 0.250 e. The molecule has 0 unspecified atom stereocenters. The topological polar surface area (TPSA) is 58.4 Å². The summed E-state index contributed by atoms with van der Waals surface area (Å²) in [6.45, 7) is 4.34. The van der Waals surface area contributed by atoms with E-state index >= 15 is 0 Å². The summed E-state index contributed by atoms with van der Waals surface area (Å²) >= 11 is 5.89. The van der Waals surface area contributed by atoms with Crippen LogP contribution in [-0.2, 0) is 13.0 Å². The zero-order valence-corrected chi connectivity index (χ0v) is 19.0. The highest BCUT2D eigenvalue weighted by Crippen LogP contribution is 2.09. The molecule has 2 N–H and O–H groups in total. The van der Waals surface area contributed by atoms with Crippen molar-refractivity contribution in [1.29, 1.82) is 0 Å². The van der Waals surface area contributed by atoms with Gasteiger partial charge in [0, 0.05) is 43.5 Å². The summed E-state index contributed by atoms with van der Waals surface area (Å²) in [6.07, 6.45) is 2.83. The molecule has 27 heavy (non-hydrogen) atoms. The van der Waals surface area contributed by atoms with E-state index < -0.39 is 0 Å². The molecule has 1 aromatic heterocycles. The molecule has 1 heterocycles. The molecule has 0 amide bonds. The number of hydrogen-bond donors (Lipinski definition) is 2. The lowest BCUT2D eigenvalue weighted by Gasteiger charge is -2.13. The molecule has 5 nitrogen and oxygen atoms in total. The van der Waals surface area contributed by atoms with E-state index in [-0.39, 0.29) is 29.5 Å². The summed E-state index contributed by atoms with van der Waals surface area (Å²) in [7, 11) is 1.77. The molecular weight excluding hydrogens is 475 g/mol. The number of aromatic nitrogens is 1. The molecule has 2 aromatic rings. The van der Waals surface area contributed by atoms with Gasteiger partial charge < -0.3 is 15.2 Å². The molecule has 0 aliphatic rings. The number of nitrogens with zero attached hydrogens (tertiary/aromatic N) is 2. The van der Waals surface area contributed by atoms with Crippen LogP contribution < -0.4 is 16.2 Å². The van der Waals surface area contributed by atoms with Crippen LogP contribution in [0.5, 0.6) is 0 Å². The van der Waals surface area contributed by atoms with Gasteiger partial charge in [-0.15, -0.1) is 24.0 Å². The lowest BCUT2D eigenvalue weighted by molar-refractivity contribution is 0.575. The third-order valence-corrected chi connectivity index (χ3v) is 4.46. The minimum atomic E-state index is 0. The Bertz CT molecular complexity index is 774. The van der Waals surface area contributed by atoms with Crippen molar-refractivity contribution in [3.05, 3.63) is 69.1 Å². The van der Waals surface area contributed by atoms with E-state index in [2.05, 4.69) is 15.6 Å². The molecule has 0 saturated carbocycles. The van der Waals surface area contributed by atoms with Gasteiger partial charge in [-0.3, -0.25) is 9.79 Å². The van der Waals surface area contributed by atoms with Gasteiger partial charge in [-0.25, -0.2) is 0 Å². The van der Waals surface area contributed by atoms with Crippen LogP contribution in [0, 0.1) is 6.92 Å². The first kappa shape index (κ1) is 23.5. The third-order valence-electron chi connectivity index (χ3n) is 4.21. The molecule has 0 spiro atoms. The minimum absolute atomic E-state index is 0. The first-order valence-corrected chi connectivity index (χ1v) is 9.33. The van der Waals surface area contributed by atoms with E-state index in [1.807, 2.05) is 41.8 Å². The Balaban J connectivity index is 0.00000364. The van der Waals surface area contributed by atoms with Gasteiger partial charge in [0.2, 0.25) is 0 Å². The van der Waals surface area contributed by atoms with Crippen molar-refractivity contribution in [1.82, 2.24) is 15.2 Å². The van der Waals surface area contributed by atoms with Crippen molar-refractivity contribution in [2.45, 2.75) is 32.7 Å². The van der Waals surface area contributed by atoms with E-state index in [9.17, 15) is 4.79 Å². The Kier molecular flexibility index (Phi) is 11.1. The number of aliphatic imine (C=N–C) groups is 1. The quantitative estimate of drug-likeness (QED) is 0.251. The SMILES string of the molecule is CN=C(NCCCCn1c(C)cccc1=O)NCCc1ccc(Cl)cc1.I. The summed E-state index contributed by atoms with van der Waals surface area (Å²) in [6, 6.07) is 13.3. The van der Waals surface area contributed by atoms with E-state index in [1.165, 1.54) is 5.56 Å². The van der Waals surface area contributed by atoms with Gasteiger partial charge in [0.1, 0.15) is 0 Å². The summed E-state index contributed by atoms with van der Waals surface area (Å²) in [5, 5.41) is 7.38. The molecule has 1 aromatic carbocycles. The Morgan fingerprint density at radius 1 is 1.07 bits per heavy atom. The molecule has 148 valence electrons. The van der Waals surface area contributed by atoms with E-state index in [1.54, 1.807) is 19.2 Å². The molecule has 0 radical (unpaired) electrons. The smallest absolute Gasteiger partial charge is 0.250 e. The number of unbranched alkanes of at least 4 members (excludes halogenated alkanes) is 1. The predicted molar refractivity (Wildman–Crippen MR) is 125 cm³/mol. The number of benzene rings is 1. The number of hydrogen-bond acceptors (Lipinski definition) is 2. The van der Waals surface area contributed by atoms with Gasteiger partial charge in [0.25, 0.3) is 5.56 Å². The van der Waals surface area contributed by atoms with Crippen molar-refractivity contribution < 1.29 is 0 Å². The van der Waals surface area contributed by atoms with Gasteiger partial charge >= 0.3 is 0 Å². The predicted octanol–water partition coefficient (Wildman–Crippen LogP) is 3.62. The fourth-order valence-electron chi connectivity index (χ4n) is 2.71. The van der Waals surface area contributed by atoms with Crippen molar-refractivity contribution in [3.63, 3.8) is 0 Å². The van der Waals surface area contributed by atoms with E-state index in [0.29, 0.717) is 0 Å². The number of rotatable bonds is 8. The van der Waals surface area contributed by atoms with Gasteiger partial charge in [-0.05, 0) is 49.9 Å². The summed E-state index contributed by atoms with van der Waals surface area (Å²) < 4.78 is 1.82. The Hall–Kier alpha value is -1.54. The average molecular weight is 503 g/mol. The zero-order chi connectivity index (χ0) is 18.8. The Morgan fingerprint density at radius 2 is 1.78 bits per heavy atom. The highest BCUT2D eigenvalue weighted by Gasteiger charge is 2.01. The monoisotopic (exact) mass is 502 g/mol. The highest BCUT2D eigenvalue weighted by molar-refractivity contribution is 14.0. The van der Waals surface area contributed by atoms with Crippen LogP contribution in [-0.4, -0.2) is 30.7 Å². The fourth-order valence-corrected chi connectivity index (χ4v) is 2.83. The molecule has 0 fully saturated rings. The van der Waals surface area contributed by atoms with Crippen LogP contribution in [0.25, 0.3) is 0 Å². The first-order chi connectivity index (χ1) is 12.6. The summed E-state index contributed by atoms with van der Waals surface area (Å²) in [5.41, 5.74) is 2.31. The second-order valence-corrected chi connectivity index (χ2v) is 6.60. The lowest BCUT2D eigenvalue weighted by Crippen LogP contribution is -2.38. The normalized spacial score (nSPS) is 11.0. The standard InChI is InChI=1S/C20H27ClN4O.HI/c1-16-6-5-7-19(26)25(16)15-4-3-13-23-20(22-2)24-14-12-17-8-10-18(21)11-9-17;/h5-11H,3-4,12-15H2,1-2H3,(H2,22,23,24);1H. The molecule has 0 aliphatic heterocycles. The van der Waals surface area contributed by atoms with Gasteiger partial charge in [-0.2, -0.15) is 0 Å². The summed E-state index contributed by atoms with van der Waals surface area (Å²) in [4.78, 5) is 16.1. The molecule has 0 atom stereocenters. The maximum atomic E-state index is 11.8. The van der Waals surface area contributed by atoms with Gasteiger partial charge in [-0.1, -0.05) is 29.8 Å². The average Bonchev–Trinajstić information content (AvgIpc) is 2.63. The van der Waals surface area contributed by atoms with Crippen molar-refractivity contribution in [2.75, 3.05) is 20.1 Å². The lowest BCUT2D eigenvalue weighted by atomic mass is 10.1. The number of nitrogens with one attached hydrogen (secondary N) is 2. The molecule has 0 bridgehead atoms. The van der Waals surface area contributed by atoms with Gasteiger partial charge in [0.15, 0.2) is 5.96 Å². The summed E-state index contributed by atoms with van der Waals surface area (Å²) in [5.74, 6) is 0.798. The second-order valence-electron chi connectivity index (χ2n) is 6.17. The minimum Gasteiger partial charge on any atom is -0.356 e. The Morgan fingerprint density at radius 3 is 2.44 bits per heavy atom. The zero-order valence-electron chi connectivity index (χ0n) is 15.9. The first-order valence-electron chi connectivity index (χ1n) is 8.95. The van der Waals surface area contributed by atoms with Crippen LogP contribution >= 0.6 is 35.6 Å². The van der Waals surface area contributed by atoms with Crippen LogP contribution in [0.4, 0.5) is 0 Å². The van der Waals surface area contributed by atoms with Crippen molar-refractivity contribution >= 4 is 41.5 Å².